The molecule has 18 heavy (non-hydrogen) atoms. The molecule has 2 heterocycles. The van der Waals surface area contributed by atoms with Gasteiger partial charge in [0.2, 0.25) is 0 Å². The molecule has 0 aromatic carbocycles. The summed E-state index contributed by atoms with van der Waals surface area (Å²) < 4.78 is 0. The van der Waals surface area contributed by atoms with Gasteiger partial charge >= 0.3 is 0 Å². The number of nitrogen functional groups attached to an aromatic ring is 1. The van der Waals surface area contributed by atoms with Gasteiger partial charge in [-0.2, -0.15) is 0 Å². The summed E-state index contributed by atoms with van der Waals surface area (Å²) in [7, 11) is 0. The van der Waals surface area contributed by atoms with Crippen molar-refractivity contribution in [3.63, 3.8) is 0 Å². The van der Waals surface area contributed by atoms with Crippen LogP contribution in [0.5, 0.6) is 0 Å². The second-order valence-electron chi connectivity index (χ2n) is 5.76. The number of aryl methyl sites for hydroxylation is 1. The van der Waals surface area contributed by atoms with Crippen LogP contribution in [0.4, 0.5) is 11.6 Å². The Morgan fingerprint density at radius 1 is 1.44 bits per heavy atom. The van der Waals surface area contributed by atoms with Gasteiger partial charge in [-0.1, -0.05) is 20.8 Å². The summed E-state index contributed by atoms with van der Waals surface area (Å²) >= 11 is 0. The van der Waals surface area contributed by atoms with E-state index in [-0.39, 0.29) is 0 Å². The summed E-state index contributed by atoms with van der Waals surface area (Å²) in [6, 6.07) is 1.93. The Morgan fingerprint density at radius 2 is 2.22 bits per heavy atom. The Kier molecular flexibility index (Phi) is 3.71. The van der Waals surface area contributed by atoms with Crippen LogP contribution in [0.3, 0.4) is 0 Å². The Bertz CT molecular complexity index is 416. The van der Waals surface area contributed by atoms with Gasteiger partial charge in [-0.15, -0.1) is 0 Å². The van der Waals surface area contributed by atoms with E-state index in [0.29, 0.717) is 11.2 Å². The fourth-order valence-electron chi connectivity index (χ4n) is 2.36. The molecule has 5 heteroatoms. The lowest BCUT2D eigenvalue weighted by molar-refractivity contribution is 0.418. The van der Waals surface area contributed by atoms with Crippen molar-refractivity contribution in [2.24, 2.45) is 11.3 Å². The summed E-state index contributed by atoms with van der Waals surface area (Å²) in [5.41, 5.74) is 3.00. The van der Waals surface area contributed by atoms with Crippen LogP contribution in [-0.2, 0) is 6.42 Å². The van der Waals surface area contributed by atoms with E-state index < -0.39 is 0 Å². The van der Waals surface area contributed by atoms with Crippen LogP contribution in [0.1, 0.15) is 39.4 Å². The van der Waals surface area contributed by atoms with Crippen molar-refractivity contribution in [2.75, 3.05) is 23.4 Å². The van der Waals surface area contributed by atoms with Crippen LogP contribution >= 0.6 is 0 Å². The third-order valence-corrected chi connectivity index (χ3v) is 3.38. The first-order valence-corrected chi connectivity index (χ1v) is 6.63. The van der Waals surface area contributed by atoms with Gasteiger partial charge in [0.05, 0.1) is 0 Å². The number of hydrazine groups is 1. The van der Waals surface area contributed by atoms with Crippen molar-refractivity contribution in [1.82, 2.24) is 9.97 Å². The highest BCUT2D eigenvalue weighted by molar-refractivity contribution is 5.49. The van der Waals surface area contributed by atoms with E-state index in [1.807, 2.05) is 6.07 Å². The molecule has 1 aromatic rings. The van der Waals surface area contributed by atoms with Crippen molar-refractivity contribution >= 4 is 11.6 Å². The molecule has 1 aromatic heterocycles. The normalized spacial score (nSPS) is 18.1. The summed E-state index contributed by atoms with van der Waals surface area (Å²) in [6.45, 7) is 8.82. The zero-order valence-corrected chi connectivity index (χ0v) is 11.5. The van der Waals surface area contributed by atoms with Gasteiger partial charge in [0.25, 0.3) is 0 Å². The molecule has 0 unspecified atom stereocenters. The summed E-state index contributed by atoms with van der Waals surface area (Å²) in [4.78, 5) is 11.3. The van der Waals surface area contributed by atoms with Crippen molar-refractivity contribution < 1.29 is 0 Å². The first-order valence-electron chi connectivity index (χ1n) is 6.63. The Morgan fingerprint density at radius 3 is 2.78 bits per heavy atom. The molecule has 0 radical (unpaired) electrons. The number of rotatable bonds is 4. The van der Waals surface area contributed by atoms with Gasteiger partial charge in [0, 0.05) is 25.6 Å². The van der Waals surface area contributed by atoms with Crippen LogP contribution in [-0.4, -0.2) is 23.1 Å². The van der Waals surface area contributed by atoms with E-state index in [2.05, 4.69) is 41.1 Å². The maximum Gasteiger partial charge on any atom is 0.145 e. The van der Waals surface area contributed by atoms with Gasteiger partial charge in [-0.05, 0) is 18.3 Å². The third kappa shape index (κ3) is 2.90. The first-order chi connectivity index (χ1) is 8.54. The fraction of sp³-hybridized carbons (Fsp3) is 0.692. The Balaban J connectivity index is 2.24. The van der Waals surface area contributed by atoms with Crippen molar-refractivity contribution in [3.8, 4) is 0 Å². The van der Waals surface area contributed by atoms with E-state index in [0.717, 1.165) is 37.6 Å². The molecule has 5 nitrogen and oxygen atoms in total. The summed E-state index contributed by atoms with van der Waals surface area (Å²) in [6.07, 6.45) is 3.13. The minimum atomic E-state index is 0.367. The van der Waals surface area contributed by atoms with Crippen molar-refractivity contribution in [2.45, 2.75) is 40.0 Å². The van der Waals surface area contributed by atoms with Gasteiger partial charge in [-0.3, -0.25) is 0 Å². The molecule has 1 aliphatic rings. The maximum atomic E-state index is 5.48. The molecule has 1 aliphatic heterocycles. The maximum absolute atomic E-state index is 5.48. The van der Waals surface area contributed by atoms with Crippen LogP contribution in [0.2, 0.25) is 0 Å². The second kappa shape index (κ2) is 5.10. The third-order valence-electron chi connectivity index (χ3n) is 3.38. The van der Waals surface area contributed by atoms with E-state index >= 15 is 0 Å². The minimum absolute atomic E-state index is 0.367. The minimum Gasteiger partial charge on any atom is -0.356 e. The van der Waals surface area contributed by atoms with Gasteiger partial charge in [0.15, 0.2) is 0 Å². The summed E-state index contributed by atoms with van der Waals surface area (Å²) in [5.74, 6) is 8.04. The molecule has 0 amide bonds. The van der Waals surface area contributed by atoms with Crippen molar-refractivity contribution in [3.05, 3.63) is 11.9 Å². The first kappa shape index (κ1) is 13.1. The zero-order valence-electron chi connectivity index (χ0n) is 11.5. The van der Waals surface area contributed by atoms with Crippen LogP contribution in [0.15, 0.2) is 6.07 Å². The molecule has 1 saturated heterocycles. The number of aromatic nitrogens is 2. The monoisotopic (exact) mass is 249 g/mol. The number of nitrogens with one attached hydrogen (secondary N) is 1. The molecule has 0 spiro atoms. The lowest BCUT2D eigenvalue weighted by Gasteiger charge is -2.21. The lowest BCUT2D eigenvalue weighted by Crippen LogP contribution is -2.24. The molecule has 0 saturated carbocycles. The molecular weight excluding hydrogens is 226 g/mol. The Labute approximate surface area is 109 Å². The van der Waals surface area contributed by atoms with E-state index in [4.69, 9.17) is 5.84 Å². The van der Waals surface area contributed by atoms with Gasteiger partial charge < -0.3 is 10.3 Å². The number of anilines is 2. The van der Waals surface area contributed by atoms with Crippen LogP contribution < -0.4 is 16.2 Å². The quantitative estimate of drug-likeness (QED) is 0.630. The highest BCUT2D eigenvalue weighted by Crippen LogP contribution is 2.32. The van der Waals surface area contributed by atoms with E-state index in [9.17, 15) is 0 Å². The average Bonchev–Trinajstić information content (AvgIpc) is 2.70. The molecule has 1 fully saturated rings. The van der Waals surface area contributed by atoms with Crippen molar-refractivity contribution in [1.29, 1.82) is 0 Å². The molecule has 100 valence electrons. The molecule has 2 rings (SSSR count). The second-order valence-corrected chi connectivity index (χ2v) is 5.76. The number of hydrogen-bond acceptors (Lipinski definition) is 5. The van der Waals surface area contributed by atoms with Crippen LogP contribution in [0, 0.1) is 5.41 Å². The average molecular weight is 249 g/mol. The zero-order chi connectivity index (χ0) is 13.2. The predicted molar refractivity (Wildman–Crippen MR) is 74.4 cm³/mol. The molecular formula is C13H23N5. The fourth-order valence-corrected chi connectivity index (χ4v) is 2.36. The Hall–Kier alpha value is -1.36. The van der Waals surface area contributed by atoms with Crippen LogP contribution in [0.25, 0.3) is 0 Å². The van der Waals surface area contributed by atoms with Gasteiger partial charge in [0.1, 0.15) is 17.5 Å². The largest absolute Gasteiger partial charge is 0.356 e. The highest BCUT2D eigenvalue weighted by atomic mass is 15.3. The SMILES string of the molecule is CCCc1nc(NN)cc(N2CCC(C)(C)C2)n1. The standard InChI is InChI=1S/C13H23N5/c1-4-5-10-15-11(17-14)8-12(16-10)18-7-6-13(2,3)9-18/h8H,4-7,9,14H2,1-3H3,(H,15,16,17). The van der Waals surface area contributed by atoms with E-state index in [1.165, 1.54) is 6.42 Å². The van der Waals surface area contributed by atoms with Gasteiger partial charge in [-0.25, -0.2) is 15.8 Å². The van der Waals surface area contributed by atoms with E-state index in [1.54, 1.807) is 0 Å². The smallest absolute Gasteiger partial charge is 0.145 e. The number of hydrogen-bond donors (Lipinski definition) is 2. The lowest BCUT2D eigenvalue weighted by atomic mass is 9.93. The molecule has 0 aliphatic carbocycles. The topological polar surface area (TPSA) is 67.1 Å². The summed E-state index contributed by atoms with van der Waals surface area (Å²) in [5, 5.41) is 0. The predicted octanol–water partition coefficient (Wildman–Crippen LogP) is 1.95. The molecule has 0 atom stereocenters. The number of nitrogens with two attached hydrogens (primary N) is 1. The highest BCUT2D eigenvalue weighted by Gasteiger charge is 2.30. The molecule has 3 N–H and O–H groups in total. The number of nitrogens with zero attached hydrogens (tertiary/aromatic N) is 3. The molecule has 0 bridgehead atoms.